The van der Waals surface area contributed by atoms with Crippen LogP contribution >= 0.6 is 0 Å². The van der Waals surface area contributed by atoms with Crippen LogP contribution < -0.4 is 0 Å². The zero-order valence-electron chi connectivity index (χ0n) is 12.0. The van der Waals surface area contributed by atoms with Gasteiger partial charge in [-0.25, -0.2) is 0 Å². The van der Waals surface area contributed by atoms with Gasteiger partial charge < -0.3 is 9.64 Å². The highest BCUT2D eigenvalue weighted by Crippen LogP contribution is 2.18. The third kappa shape index (κ3) is 2.78. The summed E-state index contributed by atoms with van der Waals surface area (Å²) in [7, 11) is 0. The Balaban J connectivity index is 1.92. The number of tetrazole rings is 1. The summed E-state index contributed by atoms with van der Waals surface area (Å²) in [4.78, 5) is 14.6. The van der Waals surface area contributed by atoms with Crippen LogP contribution in [0.15, 0.2) is 30.6 Å². The zero-order chi connectivity index (χ0) is 14.8. The molecule has 2 aromatic rings. The first-order valence-electron chi connectivity index (χ1n) is 6.92. The van der Waals surface area contributed by atoms with Gasteiger partial charge in [0.05, 0.1) is 23.5 Å². The van der Waals surface area contributed by atoms with Crippen molar-refractivity contribution in [3.8, 4) is 5.69 Å². The van der Waals surface area contributed by atoms with Crippen LogP contribution in [0.25, 0.3) is 5.69 Å². The minimum absolute atomic E-state index is 0.0249. The Kier molecular flexibility index (Phi) is 3.66. The number of rotatable bonds is 2. The lowest BCUT2D eigenvalue weighted by atomic mass is 10.1. The molecule has 2 heterocycles. The van der Waals surface area contributed by atoms with Gasteiger partial charge in [0, 0.05) is 13.1 Å². The first kappa shape index (κ1) is 13.7. The van der Waals surface area contributed by atoms with Gasteiger partial charge in [-0.15, -0.1) is 5.10 Å². The molecule has 0 aliphatic carbocycles. The SMILES string of the molecule is CC1CN(C(=O)c2ccccc2-n2cnnn2)CC(C)O1. The first-order valence-corrected chi connectivity index (χ1v) is 6.92. The standard InChI is InChI=1S/C14H17N5O2/c1-10-7-18(8-11(2)21-10)14(20)12-5-3-4-6-13(12)19-9-15-16-17-19/h3-6,9-11H,7-8H2,1-2H3. The van der Waals surface area contributed by atoms with Crippen LogP contribution in [0.1, 0.15) is 24.2 Å². The van der Waals surface area contributed by atoms with Crippen molar-refractivity contribution in [2.75, 3.05) is 13.1 Å². The average Bonchev–Trinajstić information content (AvgIpc) is 2.99. The highest BCUT2D eigenvalue weighted by atomic mass is 16.5. The van der Waals surface area contributed by atoms with Gasteiger partial charge in [0.25, 0.3) is 5.91 Å². The van der Waals surface area contributed by atoms with Crippen molar-refractivity contribution in [1.82, 2.24) is 25.1 Å². The van der Waals surface area contributed by atoms with Crippen LogP contribution in [0.5, 0.6) is 0 Å². The molecule has 1 saturated heterocycles. The second kappa shape index (κ2) is 5.61. The maximum absolute atomic E-state index is 12.8. The van der Waals surface area contributed by atoms with Crippen LogP contribution in [0.3, 0.4) is 0 Å². The molecule has 1 amide bonds. The number of hydrogen-bond acceptors (Lipinski definition) is 5. The summed E-state index contributed by atoms with van der Waals surface area (Å²) in [6, 6.07) is 7.33. The lowest BCUT2D eigenvalue weighted by Gasteiger charge is -2.35. The van der Waals surface area contributed by atoms with E-state index in [-0.39, 0.29) is 18.1 Å². The maximum Gasteiger partial charge on any atom is 0.256 e. The number of carbonyl (C=O) groups is 1. The van der Waals surface area contributed by atoms with Crippen LogP contribution in [-0.2, 0) is 4.74 Å². The second-order valence-electron chi connectivity index (χ2n) is 5.24. The second-order valence-corrected chi connectivity index (χ2v) is 5.24. The molecule has 7 heteroatoms. The Morgan fingerprint density at radius 3 is 2.62 bits per heavy atom. The zero-order valence-corrected chi connectivity index (χ0v) is 12.0. The Hall–Kier alpha value is -2.28. The monoisotopic (exact) mass is 287 g/mol. The van der Waals surface area contributed by atoms with Crippen molar-refractivity contribution in [2.24, 2.45) is 0 Å². The highest BCUT2D eigenvalue weighted by molar-refractivity contribution is 5.97. The predicted molar refractivity (Wildman–Crippen MR) is 75.1 cm³/mol. The van der Waals surface area contributed by atoms with E-state index >= 15 is 0 Å². The smallest absolute Gasteiger partial charge is 0.256 e. The number of para-hydroxylation sites is 1. The molecule has 1 aliphatic rings. The molecule has 0 radical (unpaired) electrons. The molecule has 1 fully saturated rings. The van der Waals surface area contributed by atoms with Crippen molar-refractivity contribution in [3.63, 3.8) is 0 Å². The van der Waals surface area contributed by atoms with E-state index in [0.717, 1.165) is 0 Å². The summed E-state index contributed by atoms with van der Waals surface area (Å²) >= 11 is 0. The van der Waals surface area contributed by atoms with Crippen molar-refractivity contribution in [1.29, 1.82) is 0 Å². The average molecular weight is 287 g/mol. The van der Waals surface area contributed by atoms with E-state index in [1.807, 2.05) is 36.9 Å². The molecule has 0 spiro atoms. The summed E-state index contributed by atoms with van der Waals surface area (Å²) in [5, 5.41) is 11.1. The van der Waals surface area contributed by atoms with Gasteiger partial charge in [0.2, 0.25) is 0 Å². The van der Waals surface area contributed by atoms with Gasteiger partial charge in [-0.05, 0) is 36.4 Å². The van der Waals surface area contributed by atoms with Gasteiger partial charge in [-0.3, -0.25) is 4.79 Å². The van der Waals surface area contributed by atoms with E-state index in [0.29, 0.717) is 24.3 Å². The minimum Gasteiger partial charge on any atom is -0.372 e. The highest BCUT2D eigenvalue weighted by Gasteiger charge is 2.28. The van der Waals surface area contributed by atoms with Crippen LogP contribution in [0, 0.1) is 0 Å². The summed E-state index contributed by atoms with van der Waals surface area (Å²) in [5.41, 5.74) is 1.27. The quantitative estimate of drug-likeness (QED) is 0.821. The van der Waals surface area contributed by atoms with Crippen molar-refractivity contribution < 1.29 is 9.53 Å². The molecule has 21 heavy (non-hydrogen) atoms. The van der Waals surface area contributed by atoms with Crippen LogP contribution in [0.2, 0.25) is 0 Å². The lowest BCUT2D eigenvalue weighted by molar-refractivity contribution is -0.0586. The summed E-state index contributed by atoms with van der Waals surface area (Å²) < 4.78 is 7.17. The number of benzene rings is 1. The molecule has 3 rings (SSSR count). The lowest BCUT2D eigenvalue weighted by Crippen LogP contribution is -2.48. The third-order valence-corrected chi connectivity index (χ3v) is 3.44. The van der Waals surface area contributed by atoms with Crippen LogP contribution in [0.4, 0.5) is 0 Å². The molecular weight excluding hydrogens is 270 g/mol. The molecule has 0 bridgehead atoms. The third-order valence-electron chi connectivity index (χ3n) is 3.44. The van der Waals surface area contributed by atoms with Gasteiger partial charge in [0.1, 0.15) is 6.33 Å². The summed E-state index contributed by atoms with van der Waals surface area (Å²) in [6.45, 7) is 5.13. The number of carbonyl (C=O) groups excluding carboxylic acids is 1. The fraction of sp³-hybridized carbons (Fsp3) is 0.429. The number of nitrogens with zero attached hydrogens (tertiary/aromatic N) is 5. The number of ether oxygens (including phenoxy) is 1. The van der Waals surface area contributed by atoms with Gasteiger partial charge in [-0.2, -0.15) is 4.68 Å². The topological polar surface area (TPSA) is 73.1 Å². The molecule has 110 valence electrons. The van der Waals surface area contributed by atoms with Crippen molar-refractivity contribution >= 4 is 5.91 Å². The minimum atomic E-state index is -0.0249. The summed E-state index contributed by atoms with van der Waals surface area (Å²) in [6.07, 6.45) is 1.56. The number of morpholine rings is 1. The number of amides is 1. The predicted octanol–water partition coefficient (Wildman–Crippen LogP) is 0.912. The Morgan fingerprint density at radius 2 is 1.95 bits per heavy atom. The number of hydrogen-bond donors (Lipinski definition) is 0. The largest absolute Gasteiger partial charge is 0.372 e. The van der Waals surface area contributed by atoms with Gasteiger partial charge >= 0.3 is 0 Å². The Morgan fingerprint density at radius 1 is 1.24 bits per heavy atom. The molecule has 0 saturated carbocycles. The Bertz CT molecular complexity index is 618. The molecule has 1 aromatic carbocycles. The molecule has 2 unspecified atom stereocenters. The molecule has 7 nitrogen and oxygen atoms in total. The van der Waals surface area contributed by atoms with E-state index < -0.39 is 0 Å². The molecule has 1 aromatic heterocycles. The summed E-state index contributed by atoms with van der Waals surface area (Å²) in [5.74, 6) is -0.0249. The van der Waals surface area contributed by atoms with Crippen molar-refractivity contribution in [2.45, 2.75) is 26.1 Å². The normalized spacial score (nSPS) is 22.3. The van der Waals surface area contributed by atoms with E-state index in [1.54, 1.807) is 6.07 Å². The van der Waals surface area contributed by atoms with Crippen molar-refractivity contribution in [3.05, 3.63) is 36.2 Å². The molecule has 0 N–H and O–H groups in total. The van der Waals surface area contributed by atoms with E-state index in [2.05, 4.69) is 15.5 Å². The van der Waals surface area contributed by atoms with E-state index in [1.165, 1.54) is 11.0 Å². The fourth-order valence-corrected chi connectivity index (χ4v) is 2.64. The van der Waals surface area contributed by atoms with Crippen LogP contribution in [-0.4, -0.2) is 56.3 Å². The fourth-order valence-electron chi connectivity index (χ4n) is 2.64. The number of aromatic nitrogens is 4. The molecule has 1 aliphatic heterocycles. The van der Waals surface area contributed by atoms with E-state index in [9.17, 15) is 4.79 Å². The molecular formula is C14H17N5O2. The Labute approximate surface area is 122 Å². The molecule has 2 atom stereocenters. The first-order chi connectivity index (χ1) is 10.1. The van der Waals surface area contributed by atoms with E-state index in [4.69, 9.17) is 4.74 Å². The van der Waals surface area contributed by atoms with Gasteiger partial charge in [0.15, 0.2) is 0 Å². The maximum atomic E-state index is 12.8. The van der Waals surface area contributed by atoms with Gasteiger partial charge in [-0.1, -0.05) is 12.1 Å².